The molecule has 1 rings (SSSR count). The van der Waals surface area contributed by atoms with Crippen molar-refractivity contribution in [1.29, 1.82) is 0 Å². The smallest absolute Gasteiger partial charge is 0 e. The van der Waals surface area contributed by atoms with E-state index in [-0.39, 0.29) is 30.3 Å². The van der Waals surface area contributed by atoms with Gasteiger partial charge in [-0.25, -0.2) is 4.79 Å². The van der Waals surface area contributed by atoms with Gasteiger partial charge < -0.3 is 14.2 Å². The number of carbonyl (C=O) groups is 4. The number of methoxy groups -OCH3 is 1. The molecule has 0 aliphatic carbocycles. The van der Waals surface area contributed by atoms with Crippen LogP contribution in [0, 0.1) is 32.8 Å². The fourth-order valence-electron chi connectivity index (χ4n) is 2.31. The van der Waals surface area contributed by atoms with Crippen molar-refractivity contribution >= 4 is 35.5 Å². The summed E-state index contributed by atoms with van der Waals surface area (Å²) in [5.74, 6) is -4.16. The van der Waals surface area contributed by atoms with Crippen LogP contribution in [0.15, 0.2) is 53.5 Å². The summed E-state index contributed by atoms with van der Waals surface area (Å²) in [5.41, 5.74) is 1.03. The summed E-state index contributed by atoms with van der Waals surface area (Å²) in [6.07, 6.45) is 5.01. The van der Waals surface area contributed by atoms with Crippen molar-refractivity contribution in [3.05, 3.63) is 74.1 Å². The van der Waals surface area contributed by atoms with Gasteiger partial charge in [0.2, 0.25) is 0 Å². The Morgan fingerprint density at radius 3 is 1.70 bits per heavy atom. The number of ketones is 1. The molecule has 10 nitrogen and oxygen atoms in total. The predicted octanol–water partition coefficient (Wildman–Crippen LogP) is 2.94. The summed E-state index contributed by atoms with van der Waals surface area (Å²) < 4.78 is 37.0. The Morgan fingerprint density at radius 1 is 0.865 bits per heavy atom. The van der Waals surface area contributed by atoms with E-state index in [1.165, 1.54) is 25.3 Å². The Kier molecular flexibility index (Phi) is 30.4. The molecule has 0 aliphatic heterocycles. The molecule has 0 heterocycles. The van der Waals surface area contributed by atoms with Crippen LogP contribution < -0.4 is 0 Å². The van der Waals surface area contributed by atoms with Crippen LogP contribution in [-0.2, 0) is 64.4 Å². The molecule has 12 heteroatoms. The van der Waals surface area contributed by atoms with E-state index in [0.717, 1.165) is 23.4 Å². The molecule has 1 atom stereocenters. The van der Waals surface area contributed by atoms with E-state index in [1.807, 2.05) is 19.1 Å². The average molecular weight is 574 g/mol. The van der Waals surface area contributed by atoms with Gasteiger partial charge in [0.25, 0.3) is 0 Å². The molecule has 0 aromatic heterocycles. The van der Waals surface area contributed by atoms with Crippen LogP contribution in [-0.4, -0.2) is 49.3 Å². The van der Waals surface area contributed by atoms with Crippen molar-refractivity contribution in [2.75, 3.05) is 20.3 Å². The largest absolute Gasteiger partial charge is 0 e. The molecule has 0 saturated heterocycles. The van der Waals surface area contributed by atoms with E-state index in [9.17, 15) is 19.2 Å². The standard InChI is InChI=1S/C22H26O7S.3CO.Fe/c1-5-28-21(25)19(22(26)29-6-2)20(30-16-13-11-15(3)12-14-16)17(23)9-7-8-10-18(24)27-4;3*1-2;/h7-14,19-20H,5-6H2,1-4H3;;;;/b9-7+,10-8+;;;;. The van der Waals surface area contributed by atoms with Gasteiger partial charge in [-0.3, -0.25) is 14.4 Å². The molecule has 1 aromatic carbocycles. The van der Waals surface area contributed by atoms with E-state index < -0.39 is 34.9 Å². The maximum Gasteiger partial charge on any atom is 0 e. The van der Waals surface area contributed by atoms with Crippen LogP contribution in [0.5, 0.6) is 0 Å². The fourth-order valence-corrected chi connectivity index (χ4v) is 3.45. The van der Waals surface area contributed by atoms with Crippen LogP contribution in [0.1, 0.15) is 19.4 Å². The van der Waals surface area contributed by atoms with Crippen LogP contribution >= 0.6 is 11.8 Å². The molecule has 0 fully saturated rings. The number of allylic oxidation sites excluding steroid dienone is 3. The van der Waals surface area contributed by atoms with Gasteiger partial charge in [0.1, 0.15) is 0 Å². The van der Waals surface area contributed by atoms with Gasteiger partial charge in [0, 0.05) is 28.0 Å². The van der Waals surface area contributed by atoms with Crippen molar-refractivity contribution in [2.24, 2.45) is 5.92 Å². The van der Waals surface area contributed by atoms with Gasteiger partial charge in [-0.05, 0) is 39.0 Å². The van der Waals surface area contributed by atoms with Gasteiger partial charge in [0.05, 0.1) is 25.6 Å². The Hall–Kier alpha value is -3.13. The Morgan fingerprint density at radius 2 is 1.30 bits per heavy atom. The van der Waals surface area contributed by atoms with Gasteiger partial charge in [0.15, 0.2) is 11.7 Å². The molecule has 0 amide bonds. The maximum absolute atomic E-state index is 12.9. The third kappa shape index (κ3) is 17.9. The van der Waals surface area contributed by atoms with Gasteiger partial charge >= 0.3 is 51.8 Å². The summed E-state index contributed by atoms with van der Waals surface area (Å²) in [6, 6.07) is 7.33. The SMILES string of the molecule is CCOC(=O)C(C(=O)OCC)C(Sc1ccc(C)cc1)C(=O)/C=C/C=C/C(=O)OC.[C-]#[O+].[C-]#[O+].[C-]#[O+].[Fe]. The second-order valence-corrected chi connectivity index (χ2v) is 7.19. The Balaban J connectivity index is -0.000000721. The first kappa shape index (κ1) is 41.0. The quantitative estimate of drug-likeness (QED) is 0.0450. The predicted molar refractivity (Wildman–Crippen MR) is 125 cm³/mol. The number of hydrogen-bond donors (Lipinski definition) is 0. The molecule has 200 valence electrons. The zero-order valence-corrected chi connectivity index (χ0v) is 22.5. The van der Waals surface area contributed by atoms with E-state index in [4.69, 9.17) is 23.4 Å². The zero-order chi connectivity index (χ0) is 28.5. The van der Waals surface area contributed by atoms with E-state index >= 15 is 0 Å². The summed E-state index contributed by atoms with van der Waals surface area (Å²) in [6.45, 7) is 18.8. The van der Waals surface area contributed by atoms with Crippen molar-refractivity contribution in [2.45, 2.75) is 30.9 Å². The van der Waals surface area contributed by atoms with Crippen molar-refractivity contribution in [3.8, 4) is 0 Å². The molecular weight excluding hydrogens is 548 g/mol. The number of ether oxygens (including phenoxy) is 3. The van der Waals surface area contributed by atoms with E-state index in [2.05, 4.69) is 24.7 Å². The van der Waals surface area contributed by atoms with Crippen LogP contribution in [0.4, 0.5) is 0 Å². The second-order valence-electron chi connectivity index (χ2n) is 5.98. The Labute approximate surface area is 230 Å². The third-order valence-corrected chi connectivity index (χ3v) is 5.06. The number of aryl methyl sites for hydroxylation is 1. The molecule has 0 aliphatic rings. The number of esters is 3. The summed E-state index contributed by atoms with van der Waals surface area (Å²) in [5, 5.41) is -1.10. The number of rotatable bonds is 11. The van der Waals surface area contributed by atoms with Crippen molar-refractivity contribution in [3.63, 3.8) is 0 Å². The minimum Gasteiger partial charge on any atom is 0 e. The molecule has 1 unspecified atom stereocenters. The summed E-state index contributed by atoms with van der Waals surface area (Å²) in [7, 11) is 1.24. The van der Waals surface area contributed by atoms with Gasteiger partial charge in [-0.15, -0.1) is 11.8 Å². The van der Waals surface area contributed by atoms with Gasteiger partial charge in [-0.1, -0.05) is 29.8 Å². The van der Waals surface area contributed by atoms with Gasteiger partial charge in [-0.2, -0.15) is 0 Å². The molecule has 0 spiro atoms. The van der Waals surface area contributed by atoms with Crippen molar-refractivity contribution in [1.82, 2.24) is 0 Å². The monoisotopic (exact) mass is 574 g/mol. The fraction of sp³-hybridized carbons (Fsp3) is 0.320. The molecule has 0 bridgehead atoms. The molecule has 0 radical (unpaired) electrons. The first-order valence-electron chi connectivity index (χ1n) is 9.98. The summed E-state index contributed by atoms with van der Waals surface area (Å²) >= 11 is 1.07. The Bertz CT molecular complexity index is 901. The number of hydrogen-bond acceptors (Lipinski definition) is 8. The first-order chi connectivity index (χ1) is 17.3. The van der Waals surface area contributed by atoms with E-state index in [0.29, 0.717) is 4.90 Å². The molecule has 0 saturated carbocycles. The van der Waals surface area contributed by atoms with Crippen LogP contribution in [0.3, 0.4) is 0 Å². The minimum absolute atomic E-state index is 0. The number of carbonyl (C=O) groups excluding carboxylic acids is 4. The molecule has 37 heavy (non-hydrogen) atoms. The maximum atomic E-state index is 12.9. The first-order valence-corrected chi connectivity index (χ1v) is 10.9. The normalized spacial score (nSPS) is 10.0. The van der Waals surface area contributed by atoms with E-state index in [1.54, 1.807) is 26.0 Å². The second kappa shape index (κ2) is 27.5. The number of thioether (sulfide) groups is 1. The molecular formula is C25H26FeO10S. The minimum atomic E-state index is -1.43. The molecule has 0 N–H and O–H groups in total. The van der Waals surface area contributed by atoms with Crippen LogP contribution in [0.2, 0.25) is 0 Å². The third-order valence-electron chi connectivity index (χ3n) is 3.75. The zero-order valence-electron chi connectivity index (χ0n) is 20.5. The topological polar surface area (TPSA) is 156 Å². The van der Waals surface area contributed by atoms with Crippen LogP contribution in [0.25, 0.3) is 0 Å². The van der Waals surface area contributed by atoms with Crippen molar-refractivity contribution < 1.29 is 64.4 Å². The number of benzene rings is 1. The average Bonchev–Trinajstić information content (AvgIpc) is 2.91. The summed E-state index contributed by atoms with van der Waals surface area (Å²) in [4.78, 5) is 49.8. The molecule has 1 aromatic rings.